The van der Waals surface area contributed by atoms with Crippen LogP contribution in [0.5, 0.6) is 0 Å². The molecule has 4 nitrogen and oxygen atoms in total. The molecule has 7 heteroatoms. The number of hydrogen-bond donors (Lipinski definition) is 2. The fourth-order valence-electron chi connectivity index (χ4n) is 2.90. The lowest BCUT2D eigenvalue weighted by Crippen LogP contribution is -2.50. The van der Waals surface area contributed by atoms with Gasteiger partial charge in [0.25, 0.3) is 0 Å². The van der Waals surface area contributed by atoms with Crippen LogP contribution in [0.2, 0.25) is 0 Å². The van der Waals surface area contributed by atoms with Gasteiger partial charge >= 0.3 is 0 Å². The van der Waals surface area contributed by atoms with Crippen molar-refractivity contribution < 1.29 is 18.3 Å². The van der Waals surface area contributed by atoms with E-state index in [-0.39, 0.29) is 23.9 Å². The third-order valence-corrected chi connectivity index (χ3v) is 4.24. The van der Waals surface area contributed by atoms with Crippen molar-refractivity contribution in [2.45, 2.75) is 25.8 Å². The Bertz CT molecular complexity index is 531. The van der Waals surface area contributed by atoms with Gasteiger partial charge in [-0.05, 0) is 38.9 Å². The van der Waals surface area contributed by atoms with Gasteiger partial charge in [0, 0.05) is 18.7 Å². The lowest BCUT2D eigenvalue weighted by Gasteiger charge is -2.36. The second kappa shape index (κ2) is 8.57. The van der Waals surface area contributed by atoms with Crippen molar-refractivity contribution in [2.75, 3.05) is 26.8 Å². The van der Waals surface area contributed by atoms with Crippen LogP contribution in [0.3, 0.4) is 0 Å². The number of ether oxygens (including phenoxy) is 1. The number of benzene rings is 1. The minimum Gasteiger partial charge on any atom is -0.384 e. The molecule has 0 saturated carbocycles. The van der Waals surface area contributed by atoms with Gasteiger partial charge in [-0.25, -0.2) is 8.78 Å². The van der Waals surface area contributed by atoms with Gasteiger partial charge in [-0.3, -0.25) is 4.79 Å². The van der Waals surface area contributed by atoms with Crippen molar-refractivity contribution in [3.8, 4) is 0 Å². The summed E-state index contributed by atoms with van der Waals surface area (Å²) in [6, 6.07) is 2.85. The summed E-state index contributed by atoms with van der Waals surface area (Å²) < 4.78 is 32.0. The number of rotatable bonds is 5. The highest BCUT2D eigenvalue weighted by Gasteiger charge is 2.40. The van der Waals surface area contributed by atoms with Crippen molar-refractivity contribution in [3.05, 3.63) is 35.4 Å². The van der Waals surface area contributed by atoms with Gasteiger partial charge in [0.2, 0.25) is 5.91 Å². The first-order valence-electron chi connectivity index (χ1n) is 7.44. The van der Waals surface area contributed by atoms with Crippen molar-refractivity contribution in [1.29, 1.82) is 0 Å². The van der Waals surface area contributed by atoms with Crippen LogP contribution in [0.25, 0.3) is 0 Å². The Hall–Kier alpha value is -1.24. The molecular weight excluding hydrogens is 326 g/mol. The van der Waals surface area contributed by atoms with Crippen molar-refractivity contribution in [2.24, 2.45) is 5.41 Å². The normalized spacial score (nSPS) is 17.9. The first kappa shape index (κ1) is 19.8. The summed E-state index contributed by atoms with van der Waals surface area (Å²) in [6.07, 6.45) is 1.34. The third kappa shape index (κ3) is 4.62. The van der Waals surface area contributed by atoms with E-state index >= 15 is 0 Å². The molecule has 1 aliphatic heterocycles. The van der Waals surface area contributed by atoms with Gasteiger partial charge in [-0.15, -0.1) is 12.4 Å². The summed E-state index contributed by atoms with van der Waals surface area (Å²) in [7, 11) is 1.57. The fraction of sp³-hybridized carbons (Fsp3) is 0.562. The highest BCUT2D eigenvalue weighted by molar-refractivity contribution is 5.85. The molecule has 23 heavy (non-hydrogen) atoms. The summed E-state index contributed by atoms with van der Waals surface area (Å²) in [6.45, 7) is 3.51. The zero-order chi connectivity index (χ0) is 16.2. The fourth-order valence-corrected chi connectivity index (χ4v) is 2.90. The average Bonchev–Trinajstić information content (AvgIpc) is 2.48. The van der Waals surface area contributed by atoms with Gasteiger partial charge in [0.05, 0.1) is 18.1 Å². The molecule has 0 aromatic heterocycles. The lowest BCUT2D eigenvalue weighted by atomic mass is 9.78. The standard InChI is InChI=1S/C16H22F2N2O2.ClH/c1-11(13-4-3-12(17)9-14(13)18)20-15(21)16(10-22-2)5-7-19-8-6-16;/h3-4,9,11,19H,5-8,10H2,1-2H3,(H,20,21);1H. The molecule has 1 aromatic rings. The second-order valence-electron chi connectivity index (χ2n) is 5.82. The van der Waals surface area contributed by atoms with E-state index in [1.165, 1.54) is 12.1 Å². The zero-order valence-corrected chi connectivity index (χ0v) is 14.1. The number of halogens is 3. The number of nitrogens with one attached hydrogen (secondary N) is 2. The Labute approximate surface area is 141 Å². The predicted octanol–water partition coefficient (Wildman–Crippen LogP) is 2.58. The lowest BCUT2D eigenvalue weighted by molar-refractivity contribution is -0.136. The molecule has 1 amide bonds. The van der Waals surface area contributed by atoms with Gasteiger partial charge in [0.15, 0.2) is 0 Å². The van der Waals surface area contributed by atoms with Crippen LogP contribution >= 0.6 is 12.4 Å². The number of piperidine rings is 1. The van der Waals surface area contributed by atoms with Gasteiger partial charge < -0.3 is 15.4 Å². The van der Waals surface area contributed by atoms with Crippen LogP contribution in [-0.4, -0.2) is 32.7 Å². The summed E-state index contributed by atoms with van der Waals surface area (Å²) in [5.41, 5.74) is -0.318. The molecule has 1 heterocycles. The Morgan fingerprint density at radius 2 is 2.04 bits per heavy atom. The van der Waals surface area contributed by atoms with Crippen molar-refractivity contribution in [1.82, 2.24) is 10.6 Å². The smallest absolute Gasteiger partial charge is 0.229 e. The monoisotopic (exact) mass is 348 g/mol. The van der Waals surface area contributed by atoms with Crippen LogP contribution in [0.15, 0.2) is 18.2 Å². The zero-order valence-electron chi connectivity index (χ0n) is 13.3. The number of carbonyl (C=O) groups excluding carboxylic acids is 1. The molecule has 2 rings (SSSR count). The Balaban J connectivity index is 0.00000264. The summed E-state index contributed by atoms with van der Waals surface area (Å²) >= 11 is 0. The first-order valence-corrected chi connectivity index (χ1v) is 7.44. The number of hydrogen-bond acceptors (Lipinski definition) is 3. The Morgan fingerprint density at radius 3 is 2.61 bits per heavy atom. The van der Waals surface area contributed by atoms with E-state index in [9.17, 15) is 13.6 Å². The van der Waals surface area contributed by atoms with Crippen molar-refractivity contribution in [3.63, 3.8) is 0 Å². The summed E-state index contributed by atoms with van der Waals surface area (Å²) in [4.78, 5) is 12.7. The largest absolute Gasteiger partial charge is 0.384 e. The molecule has 0 bridgehead atoms. The number of amides is 1. The van der Waals surface area contributed by atoms with Crippen LogP contribution in [-0.2, 0) is 9.53 Å². The Kier molecular flexibility index (Phi) is 7.38. The van der Waals surface area contributed by atoms with E-state index in [0.29, 0.717) is 19.4 Å². The molecule has 130 valence electrons. The maximum atomic E-state index is 13.8. The summed E-state index contributed by atoms with van der Waals surface area (Å²) in [5, 5.41) is 6.06. The van der Waals surface area contributed by atoms with Crippen LogP contribution in [0.4, 0.5) is 8.78 Å². The van der Waals surface area contributed by atoms with Crippen LogP contribution in [0, 0.1) is 17.0 Å². The van der Waals surface area contributed by atoms with E-state index in [4.69, 9.17) is 4.74 Å². The van der Waals surface area contributed by atoms with Crippen molar-refractivity contribution >= 4 is 18.3 Å². The molecule has 0 radical (unpaired) electrons. The molecule has 1 unspecified atom stereocenters. The molecule has 1 atom stereocenters. The van der Waals surface area contributed by atoms with Gasteiger partial charge in [-0.1, -0.05) is 6.07 Å². The predicted molar refractivity (Wildman–Crippen MR) is 86.6 cm³/mol. The molecule has 0 spiro atoms. The molecule has 1 fully saturated rings. The maximum absolute atomic E-state index is 13.8. The van der Waals surface area contributed by atoms with Gasteiger partial charge in [0.1, 0.15) is 11.6 Å². The van der Waals surface area contributed by atoms with E-state index < -0.39 is 23.1 Å². The van der Waals surface area contributed by atoms with Crippen LogP contribution in [0.1, 0.15) is 31.4 Å². The molecule has 0 aliphatic carbocycles. The molecule has 1 saturated heterocycles. The van der Waals surface area contributed by atoms with E-state index in [1.54, 1.807) is 14.0 Å². The Morgan fingerprint density at radius 1 is 1.39 bits per heavy atom. The number of carbonyl (C=O) groups is 1. The highest BCUT2D eigenvalue weighted by Crippen LogP contribution is 2.30. The topological polar surface area (TPSA) is 50.4 Å². The SMILES string of the molecule is COCC1(C(=O)NC(C)c2ccc(F)cc2F)CCNCC1.Cl. The first-order chi connectivity index (χ1) is 10.5. The molecule has 1 aliphatic rings. The number of methoxy groups -OCH3 is 1. The third-order valence-electron chi connectivity index (χ3n) is 4.24. The molecular formula is C16H23ClF2N2O2. The highest BCUT2D eigenvalue weighted by atomic mass is 35.5. The molecule has 2 N–H and O–H groups in total. The summed E-state index contributed by atoms with van der Waals surface area (Å²) in [5.74, 6) is -1.43. The quantitative estimate of drug-likeness (QED) is 0.860. The van der Waals surface area contributed by atoms with Crippen LogP contribution < -0.4 is 10.6 Å². The molecule has 1 aromatic carbocycles. The second-order valence-corrected chi connectivity index (χ2v) is 5.82. The van der Waals surface area contributed by atoms with E-state index in [0.717, 1.165) is 19.2 Å². The van der Waals surface area contributed by atoms with E-state index in [1.807, 2.05) is 0 Å². The average molecular weight is 349 g/mol. The van der Waals surface area contributed by atoms with E-state index in [2.05, 4.69) is 10.6 Å². The maximum Gasteiger partial charge on any atom is 0.229 e. The minimum atomic E-state index is -0.654. The minimum absolute atomic E-state index is 0. The van der Waals surface area contributed by atoms with Gasteiger partial charge in [-0.2, -0.15) is 0 Å².